The van der Waals surface area contributed by atoms with Crippen LogP contribution in [0.1, 0.15) is 15.9 Å². The van der Waals surface area contributed by atoms with Gasteiger partial charge in [0.1, 0.15) is 12.4 Å². The van der Waals surface area contributed by atoms with Gasteiger partial charge < -0.3 is 15.0 Å². The minimum Gasteiger partial charge on any atom is -0.489 e. The summed E-state index contributed by atoms with van der Waals surface area (Å²) in [4.78, 5) is 15.2. The third-order valence-electron chi connectivity index (χ3n) is 5.61. The Morgan fingerprint density at radius 3 is 2.21 bits per heavy atom. The summed E-state index contributed by atoms with van der Waals surface area (Å²) in [6.45, 7) is 2.62. The van der Waals surface area contributed by atoms with E-state index in [9.17, 15) is 13.2 Å². The summed E-state index contributed by atoms with van der Waals surface area (Å²) >= 11 is 0. The molecule has 3 aromatic carbocycles. The van der Waals surface area contributed by atoms with Gasteiger partial charge in [-0.05, 0) is 49.5 Å². The van der Waals surface area contributed by atoms with E-state index in [0.29, 0.717) is 37.4 Å². The van der Waals surface area contributed by atoms with E-state index >= 15 is 0 Å². The van der Waals surface area contributed by atoms with Crippen molar-refractivity contribution in [1.82, 2.24) is 9.21 Å². The van der Waals surface area contributed by atoms with Crippen LogP contribution in [0.25, 0.3) is 0 Å². The van der Waals surface area contributed by atoms with Crippen LogP contribution in [0.2, 0.25) is 0 Å². The lowest BCUT2D eigenvalue weighted by atomic mass is 10.1. The van der Waals surface area contributed by atoms with Crippen LogP contribution in [0.15, 0.2) is 83.8 Å². The topological polar surface area (TPSA) is 79.0 Å². The number of anilines is 1. The van der Waals surface area contributed by atoms with Crippen molar-refractivity contribution in [3.05, 3.63) is 90.0 Å². The van der Waals surface area contributed by atoms with Gasteiger partial charge in [-0.25, -0.2) is 8.42 Å². The van der Waals surface area contributed by atoms with Crippen molar-refractivity contribution >= 4 is 21.6 Å². The molecule has 1 fully saturated rings. The fourth-order valence-electron chi connectivity index (χ4n) is 3.63. The third-order valence-corrected chi connectivity index (χ3v) is 7.52. The van der Waals surface area contributed by atoms with Gasteiger partial charge in [-0.3, -0.25) is 4.79 Å². The van der Waals surface area contributed by atoms with Crippen molar-refractivity contribution in [1.29, 1.82) is 0 Å². The number of para-hydroxylation sites is 1. The molecule has 1 aliphatic rings. The summed E-state index contributed by atoms with van der Waals surface area (Å²) in [6.07, 6.45) is 0. The zero-order valence-electron chi connectivity index (χ0n) is 18.5. The van der Waals surface area contributed by atoms with E-state index in [1.165, 1.54) is 16.4 Å². The molecule has 0 radical (unpaired) electrons. The van der Waals surface area contributed by atoms with Crippen LogP contribution in [0.3, 0.4) is 0 Å². The van der Waals surface area contributed by atoms with Crippen LogP contribution in [0.5, 0.6) is 5.75 Å². The average Bonchev–Trinajstić information content (AvgIpc) is 2.84. The molecule has 0 spiro atoms. The number of carbonyl (C=O) groups is 1. The van der Waals surface area contributed by atoms with Crippen molar-refractivity contribution in [3.63, 3.8) is 0 Å². The number of rotatable bonds is 7. The first-order valence-corrected chi connectivity index (χ1v) is 12.2. The van der Waals surface area contributed by atoms with E-state index < -0.39 is 10.0 Å². The zero-order valence-corrected chi connectivity index (χ0v) is 19.3. The van der Waals surface area contributed by atoms with Gasteiger partial charge in [0.05, 0.1) is 4.90 Å². The fraction of sp³-hybridized carbons (Fsp3) is 0.240. The molecule has 0 aromatic heterocycles. The second kappa shape index (κ2) is 10.2. The molecule has 1 heterocycles. The maximum Gasteiger partial charge on any atom is 0.256 e. The standard InChI is InChI=1S/C25H27N3O4S/c1-27-15-17-28(18-16-27)33(30,31)23-13-11-21(12-14-23)26-25(29)24-10-6-5-7-20(24)19-32-22-8-3-2-4-9-22/h2-14H,15-19H2,1H3,(H,26,29). The fourth-order valence-corrected chi connectivity index (χ4v) is 5.05. The molecule has 7 nitrogen and oxygen atoms in total. The normalized spacial score (nSPS) is 15.2. The lowest BCUT2D eigenvalue weighted by Gasteiger charge is -2.31. The molecule has 3 aromatic rings. The number of amides is 1. The number of hydrogen-bond donors (Lipinski definition) is 1. The molecule has 0 unspecified atom stereocenters. The molecule has 1 N–H and O–H groups in total. The summed E-state index contributed by atoms with van der Waals surface area (Å²) in [5.41, 5.74) is 1.78. The maximum absolute atomic E-state index is 12.9. The van der Waals surface area contributed by atoms with Crippen LogP contribution >= 0.6 is 0 Å². The van der Waals surface area contributed by atoms with Crippen LogP contribution < -0.4 is 10.1 Å². The highest BCUT2D eigenvalue weighted by atomic mass is 32.2. The predicted molar refractivity (Wildman–Crippen MR) is 128 cm³/mol. The summed E-state index contributed by atoms with van der Waals surface area (Å²) in [7, 11) is -1.57. The molecule has 172 valence electrons. The maximum atomic E-state index is 12.9. The Hall–Kier alpha value is -3.20. The van der Waals surface area contributed by atoms with Gasteiger partial charge >= 0.3 is 0 Å². The van der Waals surface area contributed by atoms with E-state index in [2.05, 4.69) is 10.2 Å². The number of ether oxygens (including phenoxy) is 1. The van der Waals surface area contributed by atoms with Gasteiger partial charge in [-0.2, -0.15) is 4.31 Å². The van der Waals surface area contributed by atoms with E-state index in [4.69, 9.17) is 4.74 Å². The Bertz CT molecular complexity index is 1190. The van der Waals surface area contributed by atoms with Gasteiger partial charge in [0.25, 0.3) is 5.91 Å². The van der Waals surface area contributed by atoms with Crippen LogP contribution in [0.4, 0.5) is 5.69 Å². The minimum atomic E-state index is -3.55. The highest BCUT2D eigenvalue weighted by Crippen LogP contribution is 2.21. The smallest absolute Gasteiger partial charge is 0.256 e. The van der Waals surface area contributed by atoms with Crippen LogP contribution in [-0.2, 0) is 16.6 Å². The minimum absolute atomic E-state index is 0.224. The quantitative estimate of drug-likeness (QED) is 0.578. The first kappa shape index (κ1) is 23.0. The lowest BCUT2D eigenvalue weighted by Crippen LogP contribution is -2.46. The molecule has 1 amide bonds. The van der Waals surface area contributed by atoms with Crippen molar-refractivity contribution in [2.24, 2.45) is 0 Å². The third kappa shape index (κ3) is 5.60. The van der Waals surface area contributed by atoms with E-state index in [0.717, 1.165) is 11.3 Å². The highest BCUT2D eigenvalue weighted by molar-refractivity contribution is 7.89. The summed E-state index contributed by atoms with van der Waals surface area (Å²) in [5, 5.41) is 2.85. The lowest BCUT2D eigenvalue weighted by molar-refractivity contribution is 0.102. The summed E-state index contributed by atoms with van der Waals surface area (Å²) in [6, 6.07) is 23.0. The monoisotopic (exact) mass is 465 g/mol. The summed E-state index contributed by atoms with van der Waals surface area (Å²) in [5.74, 6) is 0.446. The molecule has 0 saturated carbocycles. The second-order valence-electron chi connectivity index (χ2n) is 7.94. The molecular weight excluding hydrogens is 438 g/mol. The highest BCUT2D eigenvalue weighted by Gasteiger charge is 2.27. The van der Waals surface area contributed by atoms with E-state index in [-0.39, 0.29) is 17.4 Å². The summed E-state index contributed by atoms with van der Waals surface area (Å²) < 4.78 is 33.1. The van der Waals surface area contributed by atoms with Gasteiger partial charge in [-0.15, -0.1) is 0 Å². The van der Waals surface area contributed by atoms with Gasteiger partial charge in [0.15, 0.2) is 0 Å². The molecule has 4 rings (SSSR count). The Morgan fingerprint density at radius 1 is 0.879 bits per heavy atom. The van der Waals surface area contributed by atoms with Crippen molar-refractivity contribution in [2.75, 3.05) is 38.5 Å². The molecule has 1 saturated heterocycles. The second-order valence-corrected chi connectivity index (χ2v) is 9.88. The number of carbonyl (C=O) groups excluding carboxylic acids is 1. The average molecular weight is 466 g/mol. The van der Waals surface area contributed by atoms with Crippen LogP contribution in [0, 0.1) is 0 Å². The molecular formula is C25H27N3O4S. The van der Waals surface area contributed by atoms with Gasteiger partial charge in [0.2, 0.25) is 10.0 Å². The van der Waals surface area contributed by atoms with E-state index in [1.54, 1.807) is 24.3 Å². The molecule has 8 heteroatoms. The first-order valence-electron chi connectivity index (χ1n) is 10.8. The Balaban J connectivity index is 1.43. The Labute approximate surface area is 194 Å². The van der Waals surface area contributed by atoms with Crippen molar-refractivity contribution < 1.29 is 17.9 Å². The van der Waals surface area contributed by atoms with Crippen LogP contribution in [-0.4, -0.2) is 56.8 Å². The molecule has 0 aliphatic carbocycles. The number of benzene rings is 3. The number of nitrogens with zero attached hydrogens (tertiary/aromatic N) is 2. The van der Waals surface area contributed by atoms with Crippen molar-refractivity contribution in [2.45, 2.75) is 11.5 Å². The molecule has 1 aliphatic heterocycles. The largest absolute Gasteiger partial charge is 0.489 e. The number of sulfonamides is 1. The Kier molecular flexibility index (Phi) is 7.08. The van der Waals surface area contributed by atoms with Gasteiger partial charge in [-0.1, -0.05) is 36.4 Å². The Morgan fingerprint density at radius 2 is 1.52 bits per heavy atom. The molecule has 33 heavy (non-hydrogen) atoms. The first-order chi connectivity index (χ1) is 15.9. The SMILES string of the molecule is CN1CCN(S(=O)(=O)c2ccc(NC(=O)c3ccccc3COc3ccccc3)cc2)CC1. The molecule has 0 atom stereocenters. The number of likely N-dealkylation sites (N-methyl/N-ethyl adjacent to an activating group) is 1. The zero-order chi connectivity index (χ0) is 23.3. The molecule has 0 bridgehead atoms. The predicted octanol–water partition coefficient (Wildman–Crippen LogP) is 3.45. The number of nitrogens with one attached hydrogen (secondary N) is 1. The van der Waals surface area contributed by atoms with Gasteiger partial charge in [0, 0.05) is 43.0 Å². The van der Waals surface area contributed by atoms with E-state index in [1.807, 2.05) is 49.5 Å². The number of piperazine rings is 1. The van der Waals surface area contributed by atoms with Crippen molar-refractivity contribution in [3.8, 4) is 5.75 Å². The number of hydrogen-bond acceptors (Lipinski definition) is 5.